The Morgan fingerprint density at radius 2 is 1.73 bits per heavy atom. The van der Waals surface area contributed by atoms with E-state index in [1.807, 2.05) is 25.7 Å². The molecular formula is C34H42N3NaO5S. The van der Waals surface area contributed by atoms with Gasteiger partial charge in [0.15, 0.2) is 0 Å². The summed E-state index contributed by atoms with van der Waals surface area (Å²) in [5.74, 6) is 5.93. The SMILES string of the molecule is CC1CCC(C(=O)N(c2cc(C#CC(C)(C)C)sc2C(=O)[O-])C2CCC(Oc3cc(C(=O)N4CCC4)ccn3)CC2)CC1.[Na+]. The third-order valence-corrected chi connectivity index (χ3v) is 9.76. The van der Waals surface area contributed by atoms with Gasteiger partial charge in [0.1, 0.15) is 6.10 Å². The number of pyridine rings is 1. The summed E-state index contributed by atoms with van der Waals surface area (Å²) in [5, 5.41) is 12.3. The van der Waals surface area contributed by atoms with E-state index in [1.165, 1.54) is 0 Å². The van der Waals surface area contributed by atoms with Crippen molar-refractivity contribution in [2.75, 3.05) is 18.0 Å². The molecule has 1 aliphatic heterocycles. The largest absolute Gasteiger partial charge is 1.00 e. The molecule has 10 heteroatoms. The maximum absolute atomic E-state index is 14.2. The van der Waals surface area contributed by atoms with Crippen molar-refractivity contribution in [1.29, 1.82) is 0 Å². The first kappa shape index (κ1) is 34.5. The third-order valence-electron chi connectivity index (χ3n) is 8.74. The molecule has 0 spiro atoms. The van der Waals surface area contributed by atoms with Crippen LogP contribution in [0.5, 0.6) is 5.88 Å². The summed E-state index contributed by atoms with van der Waals surface area (Å²) in [5.41, 5.74) is 0.749. The molecule has 5 rings (SSSR count). The molecule has 0 bridgehead atoms. The Balaban J connectivity index is 0.00000442. The second-order valence-electron chi connectivity index (χ2n) is 13.4. The third kappa shape index (κ3) is 8.45. The molecule has 230 valence electrons. The van der Waals surface area contributed by atoms with Gasteiger partial charge in [-0.05, 0) is 96.6 Å². The van der Waals surface area contributed by atoms with Crippen LogP contribution >= 0.6 is 11.3 Å². The number of carbonyl (C=O) groups is 3. The van der Waals surface area contributed by atoms with Crippen molar-refractivity contribution in [3.8, 4) is 17.7 Å². The van der Waals surface area contributed by atoms with Gasteiger partial charge in [0.25, 0.3) is 5.91 Å². The summed E-state index contributed by atoms with van der Waals surface area (Å²) in [6.45, 7) is 9.80. The van der Waals surface area contributed by atoms with E-state index in [0.717, 1.165) is 56.5 Å². The number of amides is 2. The molecule has 3 fully saturated rings. The van der Waals surface area contributed by atoms with E-state index in [4.69, 9.17) is 4.74 Å². The molecule has 2 aromatic rings. The maximum atomic E-state index is 14.2. The van der Waals surface area contributed by atoms with Gasteiger partial charge in [0, 0.05) is 48.3 Å². The summed E-state index contributed by atoms with van der Waals surface area (Å²) in [6, 6.07) is 5.04. The number of hydrogen-bond acceptors (Lipinski definition) is 7. The standard InChI is InChI=1S/C34H43N3O5S.Na/c1-22-6-8-23(9-7-22)32(39)37(28-21-27(14-16-34(2,3)4)43-30(28)33(40)41)25-10-12-26(13-11-25)42-29-20-24(15-17-35-29)31(38)36-18-5-19-36;/h15,17,20-23,25-26H,5-13,18-19H2,1-4H3,(H,40,41);/q;+1/p-1. The molecule has 0 unspecified atom stereocenters. The molecule has 0 radical (unpaired) electrons. The predicted octanol–water partition coefficient (Wildman–Crippen LogP) is 2.30. The topological polar surface area (TPSA) is 103 Å². The van der Waals surface area contributed by atoms with Crippen LogP contribution in [0.2, 0.25) is 0 Å². The molecular weight excluding hydrogens is 585 g/mol. The minimum Gasteiger partial charge on any atom is -0.544 e. The van der Waals surface area contributed by atoms with Crippen LogP contribution in [0.25, 0.3) is 0 Å². The number of thiophene rings is 1. The van der Waals surface area contributed by atoms with Gasteiger partial charge in [-0.15, -0.1) is 11.3 Å². The van der Waals surface area contributed by atoms with Crippen LogP contribution in [0.1, 0.15) is 110 Å². The van der Waals surface area contributed by atoms with Crippen molar-refractivity contribution in [2.45, 2.75) is 97.6 Å². The van der Waals surface area contributed by atoms with Crippen LogP contribution in [0.3, 0.4) is 0 Å². The van der Waals surface area contributed by atoms with Gasteiger partial charge in [-0.2, -0.15) is 0 Å². The average molecular weight is 628 g/mol. The Kier molecular flexibility index (Phi) is 11.6. The number of carboxylic acid groups (broad SMARTS) is 1. The Labute approximate surface area is 287 Å². The number of likely N-dealkylation sites (tertiary alicyclic amines) is 1. The summed E-state index contributed by atoms with van der Waals surface area (Å²) < 4.78 is 6.22. The first-order chi connectivity index (χ1) is 20.5. The molecule has 0 atom stereocenters. The Morgan fingerprint density at radius 1 is 1.05 bits per heavy atom. The Hall–Kier alpha value is -2.38. The van der Waals surface area contributed by atoms with Gasteiger partial charge in [0.2, 0.25) is 11.8 Å². The minimum absolute atomic E-state index is 0. The van der Waals surface area contributed by atoms with Crippen LogP contribution in [-0.2, 0) is 4.79 Å². The van der Waals surface area contributed by atoms with Gasteiger partial charge >= 0.3 is 29.6 Å². The quantitative estimate of drug-likeness (QED) is 0.345. The maximum Gasteiger partial charge on any atom is 1.00 e. The zero-order chi connectivity index (χ0) is 30.7. The summed E-state index contributed by atoms with van der Waals surface area (Å²) in [6.07, 6.45) is 8.85. The predicted molar refractivity (Wildman–Crippen MR) is 165 cm³/mol. The fourth-order valence-electron chi connectivity index (χ4n) is 6.12. The van der Waals surface area contributed by atoms with Crippen LogP contribution in [0.4, 0.5) is 5.69 Å². The van der Waals surface area contributed by atoms with Gasteiger partial charge in [-0.1, -0.05) is 18.8 Å². The van der Waals surface area contributed by atoms with Crippen molar-refractivity contribution in [3.05, 3.63) is 39.7 Å². The summed E-state index contributed by atoms with van der Waals surface area (Å²) >= 11 is 1.09. The normalized spacial score (nSPS) is 23.3. The van der Waals surface area contributed by atoms with E-state index >= 15 is 0 Å². The summed E-state index contributed by atoms with van der Waals surface area (Å²) in [7, 11) is 0. The van der Waals surface area contributed by atoms with Crippen molar-refractivity contribution in [2.24, 2.45) is 17.3 Å². The Bertz CT molecular complexity index is 1400. The number of anilines is 1. The number of nitrogens with zero attached hydrogens (tertiary/aromatic N) is 3. The van der Waals surface area contributed by atoms with E-state index in [-0.39, 0.29) is 69.7 Å². The second kappa shape index (κ2) is 14.8. The van der Waals surface area contributed by atoms with E-state index in [2.05, 4.69) is 23.7 Å². The first-order valence-corrected chi connectivity index (χ1v) is 16.4. The molecule has 0 aromatic carbocycles. The van der Waals surface area contributed by atoms with Crippen LogP contribution in [0.15, 0.2) is 24.4 Å². The molecule has 2 saturated carbocycles. The van der Waals surface area contributed by atoms with E-state index < -0.39 is 5.97 Å². The van der Waals surface area contributed by atoms with Crippen LogP contribution in [-0.4, -0.2) is 52.9 Å². The van der Waals surface area contributed by atoms with Crippen LogP contribution < -0.4 is 44.3 Å². The number of carbonyl (C=O) groups excluding carboxylic acids is 3. The first-order valence-electron chi connectivity index (χ1n) is 15.6. The smallest absolute Gasteiger partial charge is 0.544 e. The molecule has 2 aromatic heterocycles. The number of aromatic nitrogens is 1. The van der Waals surface area contributed by atoms with Gasteiger partial charge in [0.05, 0.1) is 21.4 Å². The molecule has 1 saturated heterocycles. The molecule has 44 heavy (non-hydrogen) atoms. The molecule has 0 N–H and O–H groups in total. The molecule has 2 aliphatic carbocycles. The second-order valence-corrected chi connectivity index (χ2v) is 14.4. The monoisotopic (exact) mass is 627 g/mol. The van der Waals surface area contributed by atoms with Gasteiger partial charge < -0.3 is 24.4 Å². The minimum atomic E-state index is -1.28. The number of hydrogen-bond donors (Lipinski definition) is 0. The molecule has 3 heterocycles. The van der Waals surface area contributed by atoms with Crippen molar-refractivity contribution in [1.82, 2.24) is 9.88 Å². The van der Waals surface area contributed by atoms with E-state index in [9.17, 15) is 19.5 Å². The molecule has 8 nitrogen and oxygen atoms in total. The zero-order valence-electron chi connectivity index (χ0n) is 26.7. The molecule has 3 aliphatic rings. The van der Waals surface area contributed by atoms with Crippen LogP contribution in [0, 0.1) is 29.1 Å². The van der Waals surface area contributed by atoms with Crippen molar-refractivity contribution in [3.63, 3.8) is 0 Å². The summed E-state index contributed by atoms with van der Waals surface area (Å²) in [4.78, 5) is 47.7. The van der Waals surface area contributed by atoms with E-state index in [0.29, 0.717) is 53.6 Å². The molecule has 2 amide bonds. The fourth-order valence-corrected chi connectivity index (χ4v) is 6.95. The number of aromatic carboxylic acids is 1. The van der Waals surface area contributed by atoms with Gasteiger partial charge in [-0.25, -0.2) is 4.98 Å². The Morgan fingerprint density at radius 3 is 2.32 bits per heavy atom. The number of rotatable bonds is 7. The van der Waals surface area contributed by atoms with E-state index in [1.54, 1.807) is 29.3 Å². The average Bonchev–Trinajstić information content (AvgIpc) is 3.36. The number of carboxylic acids is 1. The van der Waals surface area contributed by atoms with Crippen molar-refractivity contribution >= 4 is 34.8 Å². The van der Waals surface area contributed by atoms with Gasteiger partial charge in [-0.3, -0.25) is 9.59 Å². The zero-order valence-corrected chi connectivity index (χ0v) is 29.5. The number of ether oxygens (including phenoxy) is 1. The van der Waals surface area contributed by atoms with Crippen molar-refractivity contribution < 1.29 is 53.8 Å². The fraction of sp³-hybridized carbons (Fsp3) is 0.588.